The summed E-state index contributed by atoms with van der Waals surface area (Å²) in [7, 11) is 0. The molecule has 0 heterocycles. The molecule has 0 saturated heterocycles. The Morgan fingerprint density at radius 3 is 2.46 bits per heavy atom. The van der Waals surface area contributed by atoms with Gasteiger partial charge in [0.1, 0.15) is 6.10 Å². The Labute approximate surface area is 85.4 Å². The van der Waals surface area contributed by atoms with Gasteiger partial charge in [-0.05, 0) is 28.8 Å². The summed E-state index contributed by atoms with van der Waals surface area (Å²) in [6.45, 7) is 4.88. The molecule has 0 aromatic rings. The van der Waals surface area contributed by atoms with E-state index < -0.39 is 16.7 Å². The molecule has 0 aliphatic carbocycles. The van der Waals surface area contributed by atoms with Crippen LogP contribution in [-0.4, -0.2) is 28.4 Å². The molecular weight excluding hydrogens is 243 g/mol. The van der Waals surface area contributed by atoms with Crippen molar-refractivity contribution in [3.63, 3.8) is 0 Å². The minimum atomic E-state index is -2.50. The Morgan fingerprint density at radius 1 is 1.69 bits per heavy atom. The summed E-state index contributed by atoms with van der Waals surface area (Å²) in [5.41, 5.74) is 0. The first-order valence-corrected chi connectivity index (χ1v) is 4.86. The van der Waals surface area contributed by atoms with Gasteiger partial charge >= 0.3 is 5.97 Å². The van der Waals surface area contributed by atoms with Gasteiger partial charge in [-0.25, -0.2) is 9.18 Å². The minimum absolute atomic E-state index is 0.0842. The molecule has 0 bridgehead atoms. The van der Waals surface area contributed by atoms with Crippen molar-refractivity contribution in [1.82, 2.24) is 0 Å². The number of hydrogen-bond acceptors (Lipinski definition) is 3. The van der Waals surface area contributed by atoms with Crippen molar-refractivity contribution in [2.24, 2.45) is 5.92 Å². The van der Waals surface area contributed by atoms with Gasteiger partial charge in [-0.15, -0.1) is 0 Å². The van der Waals surface area contributed by atoms with Gasteiger partial charge in [-0.1, -0.05) is 13.8 Å². The van der Waals surface area contributed by atoms with Crippen LogP contribution in [0.2, 0.25) is 0 Å². The Bertz CT molecular complexity index is 182. The molecule has 0 aliphatic heterocycles. The van der Waals surface area contributed by atoms with Gasteiger partial charge in [0.25, 0.3) is 4.58 Å². The van der Waals surface area contributed by atoms with Crippen LogP contribution in [0.5, 0.6) is 0 Å². The van der Waals surface area contributed by atoms with E-state index in [-0.39, 0.29) is 12.5 Å². The third kappa shape index (κ3) is 3.23. The highest BCUT2D eigenvalue weighted by atomic mass is 79.9. The maximum absolute atomic E-state index is 13.5. The molecule has 0 unspecified atom stereocenters. The Balaban J connectivity index is 4.45. The smallest absolute Gasteiger partial charge is 0.357 e. The van der Waals surface area contributed by atoms with Crippen LogP contribution in [0.3, 0.4) is 0 Å². The van der Waals surface area contributed by atoms with Crippen molar-refractivity contribution in [3.05, 3.63) is 0 Å². The van der Waals surface area contributed by atoms with Gasteiger partial charge in [0.2, 0.25) is 0 Å². The topological polar surface area (TPSA) is 46.5 Å². The molecule has 0 amide bonds. The summed E-state index contributed by atoms with van der Waals surface area (Å²) in [5.74, 6) is -1.45. The highest BCUT2D eigenvalue weighted by Crippen LogP contribution is 2.30. The van der Waals surface area contributed by atoms with E-state index in [1.54, 1.807) is 20.8 Å². The fraction of sp³-hybridized carbons (Fsp3) is 0.875. The number of hydrogen-bond donors (Lipinski definition) is 1. The third-order valence-electron chi connectivity index (χ3n) is 1.55. The zero-order valence-electron chi connectivity index (χ0n) is 7.88. The quantitative estimate of drug-likeness (QED) is 0.615. The second-order valence-corrected chi connectivity index (χ2v) is 4.19. The molecule has 3 nitrogen and oxygen atoms in total. The minimum Gasteiger partial charge on any atom is -0.463 e. The molecule has 0 spiro atoms. The molecule has 0 aromatic heterocycles. The molecule has 13 heavy (non-hydrogen) atoms. The summed E-state index contributed by atoms with van der Waals surface area (Å²) >= 11 is 2.52. The van der Waals surface area contributed by atoms with Crippen LogP contribution in [0, 0.1) is 5.92 Å². The Kier molecular flexibility index (Phi) is 4.85. The molecule has 78 valence electrons. The lowest BCUT2D eigenvalue weighted by Gasteiger charge is -2.24. The molecule has 0 aromatic carbocycles. The first-order valence-electron chi connectivity index (χ1n) is 4.07. The van der Waals surface area contributed by atoms with Crippen LogP contribution in [0.15, 0.2) is 0 Å². The van der Waals surface area contributed by atoms with Crippen LogP contribution < -0.4 is 0 Å². The standard InChI is InChI=1S/C8H14BrFO3/c1-4-13-7(12)8(9,10)6(11)5(2)3/h5-6,11H,4H2,1-3H3/t6-,8-/m0/s1. The lowest BCUT2D eigenvalue weighted by atomic mass is 10.0. The molecule has 2 atom stereocenters. The van der Waals surface area contributed by atoms with Gasteiger partial charge < -0.3 is 9.84 Å². The van der Waals surface area contributed by atoms with Crippen LogP contribution >= 0.6 is 15.9 Å². The zero-order valence-corrected chi connectivity index (χ0v) is 9.47. The molecule has 0 rings (SSSR count). The van der Waals surface area contributed by atoms with E-state index in [0.29, 0.717) is 0 Å². The van der Waals surface area contributed by atoms with E-state index >= 15 is 0 Å². The fourth-order valence-corrected chi connectivity index (χ4v) is 1.41. The van der Waals surface area contributed by atoms with Gasteiger partial charge in [-0.2, -0.15) is 0 Å². The van der Waals surface area contributed by atoms with Crippen molar-refractivity contribution in [2.45, 2.75) is 31.5 Å². The second kappa shape index (κ2) is 4.91. The number of halogens is 2. The SMILES string of the molecule is CCOC(=O)[C@](F)(Br)[C@@H](O)C(C)C. The van der Waals surface area contributed by atoms with Gasteiger partial charge in [-0.3, -0.25) is 0 Å². The zero-order chi connectivity index (χ0) is 10.6. The second-order valence-electron chi connectivity index (χ2n) is 3.03. The monoisotopic (exact) mass is 256 g/mol. The number of rotatable bonds is 4. The number of aliphatic hydroxyl groups excluding tert-OH is 1. The summed E-state index contributed by atoms with van der Waals surface area (Å²) in [6, 6.07) is 0. The predicted octanol–water partition coefficient (Wildman–Crippen LogP) is 1.63. The lowest BCUT2D eigenvalue weighted by molar-refractivity contribution is -0.157. The molecular formula is C8H14BrFO3. The molecule has 0 aliphatic rings. The van der Waals surface area contributed by atoms with Crippen molar-refractivity contribution in [3.8, 4) is 0 Å². The van der Waals surface area contributed by atoms with E-state index in [9.17, 15) is 14.3 Å². The number of carbonyl (C=O) groups excluding carboxylic acids is 1. The third-order valence-corrected chi connectivity index (χ3v) is 2.34. The largest absolute Gasteiger partial charge is 0.463 e. The molecule has 0 saturated carbocycles. The molecule has 0 radical (unpaired) electrons. The molecule has 1 N–H and O–H groups in total. The van der Waals surface area contributed by atoms with Gasteiger partial charge in [0, 0.05) is 0 Å². The van der Waals surface area contributed by atoms with Crippen LogP contribution in [-0.2, 0) is 9.53 Å². The first kappa shape index (κ1) is 12.8. The van der Waals surface area contributed by atoms with Crippen LogP contribution in [0.4, 0.5) is 4.39 Å². The van der Waals surface area contributed by atoms with Crippen molar-refractivity contribution < 1.29 is 19.0 Å². The molecule has 0 fully saturated rings. The predicted molar refractivity (Wildman–Crippen MR) is 50.2 cm³/mol. The maximum Gasteiger partial charge on any atom is 0.357 e. The number of esters is 1. The van der Waals surface area contributed by atoms with E-state index in [1.165, 1.54) is 0 Å². The number of alkyl halides is 2. The first-order chi connectivity index (χ1) is 5.84. The number of carbonyl (C=O) groups is 1. The van der Waals surface area contributed by atoms with Crippen molar-refractivity contribution in [1.29, 1.82) is 0 Å². The van der Waals surface area contributed by atoms with Crippen LogP contribution in [0.1, 0.15) is 20.8 Å². The van der Waals surface area contributed by atoms with E-state index in [0.717, 1.165) is 0 Å². The highest BCUT2D eigenvalue weighted by molar-refractivity contribution is 9.10. The average molecular weight is 257 g/mol. The van der Waals surface area contributed by atoms with Gasteiger partial charge in [0.15, 0.2) is 0 Å². The van der Waals surface area contributed by atoms with Crippen molar-refractivity contribution in [2.75, 3.05) is 6.61 Å². The average Bonchev–Trinajstić information content (AvgIpc) is 2.03. The van der Waals surface area contributed by atoms with E-state index in [2.05, 4.69) is 20.7 Å². The van der Waals surface area contributed by atoms with Crippen molar-refractivity contribution >= 4 is 21.9 Å². The lowest BCUT2D eigenvalue weighted by Crippen LogP contribution is -2.44. The Morgan fingerprint density at radius 2 is 2.15 bits per heavy atom. The summed E-state index contributed by atoms with van der Waals surface area (Å²) in [4.78, 5) is 11.0. The van der Waals surface area contributed by atoms with Gasteiger partial charge in [0.05, 0.1) is 6.61 Å². The summed E-state index contributed by atoms with van der Waals surface area (Å²) in [6.07, 6.45) is -1.41. The fourth-order valence-electron chi connectivity index (χ4n) is 0.767. The Hall–Kier alpha value is -0.160. The highest BCUT2D eigenvalue weighted by Gasteiger charge is 2.46. The number of ether oxygens (including phenoxy) is 1. The number of aliphatic hydroxyl groups is 1. The maximum atomic E-state index is 13.5. The van der Waals surface area contributed by atoms with Crippen LogP contribution in [0.25, 0.3) is 0 Å². The van der Waals surface area contributed by atoms with E-state index in [4.69, 9.17) is 0 Å². The summed E-state index contributed by atoms with van der Waals surface area (Å²) in [5, 5.41) is 9.33. The molecule has 5 heteroatoms. The normalized spacial score (nSPS) is 18.1. The summed E-state index contributed by atoms with van der Waals surface area (Å²) < 4.78 is 15.5. The van der Waals surface area contributed by atoms with E-state index in [1.807, 2.05) is 0 Å².